The molecule has 0 saturated carbocycles. The Balaban J connectivity index is 2.40. The molecule has 0 saturated heterocycles. The van der Waals surface area contributed by atoms with Gasteiger partial charge in [0.25, 0.3) is 0 Å². The first-order chi connectivity index (χ1) is 8.81. The molecule has 18 heavy (non-hydrogen) atoms. The first-order valence-corrected chi connectivity index (χ1v) is 6.43. The quantitative estimate of drug-likeness (QED) is 0.593. The number of benzene rings is 3. The Morgan fingerprint density at radius 3 is 2.39 bits per heavy atom. The van der Waals surface area contributed by atoms with Crippen LogP contribution in [0.3, 0.4) is 0 Å². The number of nitrogens with zero attached hydrogens (tertiary/aromatic N) is 1. The third-order valence-electron chi connectivity index (χ3n) is 3.65. The van der Waals surface area contributed by atoms with Crippen molar-refractivity contribution in [1.29, 1.82) is 0 Å². The molecule has 3 aromatic rings. The van der Waals surface area contributed by atoms with Crippen molar-refractivity contribution in [2.24, 2.45) is 0 Å². The van der Waals surface area contributed by atoms with E-state index >= 15 is 0 Å². The summed E-state index contributed by atoms with van der Waals surface area (Å²) in [6.07, 6.45) is 0. The molecule has 0 aliphatic heterocycles. The van der Waals surface area contributed by atoms with Gasteiger partial charge in [0.15, 0.2) is 0 Å². The number of fused-ring (bicyclic) bond motifs is 3. The maximum atomic E-state index is 2.29. The fourth-order valence-electron chi connectivity index (χ4n) is 2.53. The Morgan fingerprint density at radius 2 is 1.56 bits per heavy atom. The second kappa shape index (κ2) is 4.34. The van der Waals surface area contributed by atoms with Gasteiger partial charge in [-0.1, -0.05) is 48.5 Å². The third-order valence-corrected chi connectivity index (χ3v) is 3.65. The van der Waals surface area contributed by atoms with Gasteiger partial charge in [0.2, 0.25) is 0 Å². The van der Waals surface area contributed by atoms with Crippen LogP contribution in [0.5, 0.6) is 0 Å². The molecular weight excluding hydrogens is 218 g/mol. The molecular formula is C17H17N. The van der Waals surface area contributed by atoms with Gasteiger partial charge in [0, 0.05) is 24.7 Å². The number of hydrogen-bond donors (Lipinski definition) is 0. The zero-order valence-electron chi connectivity index (χ0n) is 10.9. The molecule has 0 N–H and O–H groups in total. The minimum absolute atomic E-state index is 1.02. The van der Waals surface area contributed by atoms with Crippen LogP contribution in [0.25, 0.3) is 21.5 Å². The average Bonchev–Trinajstić information content (AvgIpc) is 2.45. The van der Waals surface area contributed by atoms with Gasteiger partial charge in [-0.05, 0) is 29.1 Å². The Bertz CT molecular complexity index is 700. The van der Waals surface area contributed by atoms with E-state index in [2.05, 4.69) is 73.5 Å². The number of rotatable bonds is 2. The van der Waals surface area contributed by atoms with Crippen LogP contribution in [0.15, 0.2) is 54.6 Å². The summed E-state index contributed by atoms with van der Waals surface area (Å²) >= 11 is 0. The van der Waals surface area contributed by atoms with Crippen molar-refractivity contribution >= 4 is 27.2 Å². The summed E-state index contributed by atoms with van der Waals surface area (Å²) in [7, 11) is 2.14. The molecule has 3 aromatic carbocycles. The molecule has 0 radical (unpaired) electrons. The highest BCUT2D eigenvalue weighted by molar-refractivity contribution is 6.11. The normalized spacial score (nSPS) is 11.0. The molecule has 0 heterocycles. The molecule has 0 aliphatic carbocycles. The van der Waals surface area contributed by atoms with Gasteiger partial charge in [0.1, 0.15) is 0 Å². The van der Waals surface area contributed by atoms with Crippen molar-refractivity contribution in [2.45, 2.75) is 6.92 Å². The van der Waals surface area contributed by atoms with Crippen molar-refractivity contribution < 1.29 is 0 Å². The molecule has 1 heteroatoms. The topological polar surface area (TPSA) is 3.24 Å². The molecule has 0 amide bonds. The summed E-state index contributed by atoms with van der Waals surface area (Å²) in [6.45, 7) is 3.20. The van der Waals surface area contributed by atoms with Gasteiger partial charge in [-0.2, -0.15) is 0 Å². The van der Waals surface area contributed by atoms with E-state index in [1.807, 2.05) is 0 Å². The highest BCUT2D eigenvalue weighted by atomic mass is 15.1. The van der Waals surface area contributed by atoms with E-state index in [1.165, 1.54) is 27.2 Å². The maximum absolute atomic E-state index is 2.29. The lowest BCUT2D eigenvalue weighted by atomic mass is 10.0. The van der Waals surface area contributed by atoms with E-state index in [-0.39, 0.29) is 0 Å². The molecule has 0 unspecified atom stereocenters. The summed E-state index contributed by atoms with van der Waals surface area (Å²) in [6, 6.07) is 19.6. The van der Waals surface area contributed by atoms with Gasteiger partial charge >= 0.3 is 0 Å². The first kappa shape index (κ1) is 11.1. The van der Waals surface area contributed by atoms with Crippen molar-refractivity contribution in [3.05, 3.63) is 54.6 Å². The lowest BCUT2D eigenvalue weighted by Gasteiger charge is -2.19. The van der Waals surface area contributed by atoms with Crippen molar-refractivity contribution in [2.75, 3.05) is 18.5 Å². The van der Waals surface area contributed by atoms with Crippen LogP contribution in [0.2, 0.25) is 0 Å². The summed E-state index contributed by atoms with van der Waals surface area (Å²) in [5.41, 5.74) is 1.31. The summed E-state index contributed by atoms with van der Waals surface area (Å²) in [5, 5.41) is 5.31. The lowest BCUT2D eigenvalue weighted by molar-refractivity contribution is 0.974. The molecule has 1 nitrogen and oxygen atoms in total. The zero-order chi connectivity index (χ0) is 12.5. The van der Waals surface area contributed by atoms with E-state index < -0.39 is 0 Å². The predicted molar refractivity (Wildman–Crippen MR) is 80.4 cm³/mol. The maximum Gasteiger partial charge on any atom is 0.0443 e. The highest BCUT2D eigenvalue weighted by Gasteiger charge is 2.06. The van der Waals surface area contributed by atoms with Crippen LogP contribution < -0.4 is 4.90 Å². The monoisotopic (exact) mass is 235 g/mol. The zero-order valence-corrected chi connectivity index (χ0v) is 10.9. The molecule has 0 bridgehead atoms. The average molecular weight is 235 g/mol. The fraction of sp³-hybridized carbons (Fsp3) is 0.176. The Hall–Kier alpha value is -2.02. The van der Waals surface area contributed by atoms with Crippen LogP contribution in [0, 0.1) is 0 Å². The standard InChI is InChI=1S/C17H17N/c1-3-18(2)17-10-6-9-15-14-8-5-4-7-13(14)11-12-16(15)17/h4-12H,3H2,1-2H3. The lowest BCUT2D eigenvalue weighted by Crippen LogP contribution is -2.15. The molecule has 0 spiro atoms. The van der Waals surface area contributed by atoms with E-state index in [1.54, 1.807) is 0 Å². The van der Waals surface area contributed by atoms with Gasteiger partial charge < -0.3 is 4.90 Å². The van der Waals surface area contributed by atoms with Crippen LogP contribution >= 0.6 is 0 Å². The minimum atomic E-state index is 1.02. The molecule has 0 atom stereocenters. The van der Waals surface area contributed by atoms with E-state index in [0.717, 1.165) is 6.54 Å². The van der Waals surface area contributed by atoms with Crippen LogP contribution in [0.1, 0.15) is 6.92 Å². The van der Waals surface area contributed by atoms with Gasteiger partial charge in [0.05, 0.1) is 0 Å². The van der Waals surface area contributed by atoms with Crippen molar-refractivity contribution in [3.63, 3.8) is 0 Å². The summed E-state index contributed by atoms with van der Waals surface area (Å²) < 4.78 is 0. The highest BCUT2D eigenvalue weighted by Crippen LogP contribution is 2.31. The fourth-order valence-corrected chi connectivity index (χ4v) is 2.53. The Morgan fingerprint density at radius 1 is 0.778 bits per heavy atom. The second-order valence-electron chi connectivity index (χ2n) is 4.67. The van der Waals surface area contributed by atoms with Gasteiger partial charge in [-0.25, -0.2) is 0 Å². The molecule has 0 aliphatic rings. The number of hydrogen-bond acceptors (Lipinski definition) is 1. The predicted octanol–water partition coefficient (Wildman–Crippen LogP) is 4.45. The SMILES string of the molecule is CCN(C)c1cccc2c1ccc1ccccc12. The first-order valence-electron chi connectivity index (χ1n) is 6.43. The van der Waals surface area contributed by atoms with E-state index in [9.17, 15) is 0 Å². The van der Waals surface area contributed by atoms with Crippen LogP contribution in [0.4, 0.5) is 5.69 Å². The van der Waals surface area contributed by atoms with E-state index in [4.69, 9.17) is 0 Å². The molecule has 3 rings (SSSR count). The largest absolute Gasteiger partial charge is 0.374 e. The number of anilines is 1. The smallest absolute Gasteiger partial charge is 0.0443 e. The van der Waals surface area contributed by atoms with Gasteiger partial charge in [-0.15, -0.1) is 0 Å². The van der Waals surface area contributed by atoms with Crippen LogP contribution in [-0.4, -0.2) is 13.6 Å². The Kier molecular flexibility index (Phi) is 2.67. The van der Waals surface area contributed by atoms with Crippen LogP contribution in [-0.2, 0) is 0 Å². The van der Waals surface area contributed by atoms with Crippen molar-refractivity contribution in [3.8, 4) is 0 Å². The summed E-state index contributed by atoms with van der Waals surface area (Å²) in [5.74, 6) is 0. The summed E-state index contributed by atoms with van der Waals surface area (Å²) in [4.78, 5) is 2.29. The van der Waals surface area contributed by atoms with Gasteiger partial charge in [-0.3, -0.25) is 0 Å². The minimum Gasteiger partial charge on any atom is -0.374 e. The van der Waals surface area contributed by atoms with E-state index in [0.29, 0.717) is 0 Å². The Labute approximate surface area is 108 Å². The molecule has 0 aromatic heterocycles. The third kappa shape index (κ3) is 1.63. The molecule has 0 fully saturated rings. The second-order valence-corrected chi connectivity index (χ2v) is 4.67. The van der Waals surface area contributed by atoms with Crippen molar-refractivity contribution in [1.82, 2.24) is 0 Å². The molecule has 90 valence electrons.